The highest BCUT2D eigenvalue weighted by molar-refractivity contribution is 7.80. The SMILES string of the molecule is COc1cccc(CCCCN2C(=S)N(c3ccc(C#N)c(C(F)(F)F)c3)C(=O)C2(C)C)c1. The van der Waals surface area contributed by atoms with Gasteiger partial charge >= 0.3 is 6.18 Å². The normalized spacial score (nSPS) is 15.7. The number of hydrogen-bond acceptors (Lipinski definition) is 4. The van der Waals surface area contributed by atoms with E-state index in [-0.39, 0.29) is 10.8 Å². The fourth-order valence-electron chi connectivity index (χ4n) is 3.87. The number of nitrogens with zero attached hydrogens (tertiary/aromatic N) is 3. The fraction of sp³-hybridized carbons (Fsp3) is 0.375. The molecule has 174 valence electrons. The standard InChI is InChI=1S/C24H24F3N3O2S/c1-23(2)21(31)30(18-11-10-17(15-28)20(14-18)24(25,26)27)22(33)29(23)12-5-4-7-16-8-6-9-19(13-16)32-3/h6,8-11,13-14H,4-5,7,12H2,1-3H3. The number of carbonyl (C=O) groups excluding carboxylic acids is 1. The molecule has 1 heterocycles. The third kappa shape index (κ3) is 4.96. The molecule has 5 nitrogen and oxygen atoms in total. The quantitative estimate of drug-likeness (QED) is 0.401. The summed E-state index contributed by atoms with van der Waals surface area (Å²) in [6.07, 6.45) is -2.32. The summed E-state index contributed by atoms with van der Waals surface area (Å²) in [5.74, 6) is 0.384. The van der Waals surface area contributed by atoms with Gasteiger partial charge in [-0.1, -0.05) is 12.1 Å². The predicted molar refractivity (Wildman–Crippen MR) is 123 cm³/mol. The molecule has 0 saturated carbocycles. The Labute approximate surface area is 196 Å². The fourth-order valence-corrected chi connectivity index (χ4v) is 4.38. The maximum absolute atomic E-state index is 13.4. The molecule has 3 rings (SSSR count). The molecule has 9 heteroatoms. The van der Waals surface area contributed by atoms with Crippen molar-refractivity contribution in [2.45, 2.75) is 44.8 Å². The number of nitriles is 1. The van der Waals surface area contributed by atoms with Gasteiger partial charge in [0.2, 0.25) is 0 Å². The van der Waals surface area contributed by atoms with Crippen LogP contribution in [0.5, 0.6) is 5.75 Å². The number of alkyl halides is 3. The first-order valence-electron chi connectivity index (χ1n) is 10.4. The molecule has 2 aromatic rings. The maximum Gasteiger partial charge on any atom is 0.417 e. The number of anilines is 1. The molecule has 0 bridgehead atoms. The second kappa shape index (κ2) is 9.40. The number of aryl methyl sites for hydroxylation is 1. The third-order valence-corrected chi connectivity index (χ3v) is 6.14. The zero-order valence-electron chi connectivity index (χ0n) is 18.6. The number of halogens is 3. The van der Waals surface area contributed by atoms with Crippen LogP contribution in [-0.4, -0.2) is 35.1 Å². The van der Waals surface area contributed by atoms with Crippen LogP contribution in [0, 0.1) is 11.3 Å². The molecule has 0 N–H and O–H groups in total. The van der Waals surface area contributed by atoms with Gasteiger partial charge < -0.3 is 9.64 Å². The van der Waals surface area contributed by atoms with Gasteiger partial charge in [-0.25, -0.2) is 0 Å². The minimum Gasteiger partial charge on any atom is -0.497 e. The highest BCUT2D eigenvalue weighted by atomic mass is 32.1. The van der Waals surface area contributed by atoms with Gasteiger partial charge in [0.25, 0.3) is 5.91 Å². The van der Waals surface area contributed by atoms with Gasteiger partial charge in [-0.2, -0.15) is 18.4 Å². The van der Waals surface area contributed by atoms with Gasteiger partial charge in [0, 0.05) is 6.54 Å². The Bertz CT molecular complexity index is 1110. The lowest BCUT2D eigenvalue weighted by atomic mass is 10.0. The third-order valence-electron chi connectivity index (χ3n) is 5.74. The molecule has 1 aliphatic rings. The Balaban J connectivity index is 1.75. The monoisotopic (exact) mass is 475 g/mol. The van der Waals surface area contributed by atoms with Crippen molar-refractivity contribution in [3.8, 4) is 11.8 Å². The topological polar surface area (TPSA) is 56.6 Å². The number of rotatable bonds is 7. The smallest absolute Gasteiger partial charge is 0.417 e. The summed E-state index contributed by atoms with van der Waals surface area (Å²) in [5, 5.41) is 9.18. The summed E-state index contributed by atoms with van der Waals surface area (Å²) < 4.78 is 45.5. The molecule has 1 saturated heterocycles. The summed E-state index contributed by atoms with van der Waals surface area (Å²) in [5.41, 5.74) is -1.46. The van der Waals surface area contributed by atoms with Crippen molar-refractivity contribution in [3.63, 3.8) is 0 Å². The Hall–Kier alpha value is -3.12. The van der Waals surface area contributed by atoms with Crippen LogP contribution >= 0.6 is 12.2 Å². The van der Waals surface area contributed by atoms with E-state index in [9.17, 15) is 18.0 Å². The first kappa shape index (κ1) is 24.5. The molecule has 0 unspecified atom stereocenters. The van der Waals surface area contributed by atoms with E-state index >= 15 is 0 Å². The molecule has 33 heavy (non-hydrogen) atoms. The van der Waals surface area contributed by atoms with Gasteiger partial charge in [0.05, 0.1) is 30.0 Å². The number of carbonyl (C=O) groups is 1. The van der Waals surface area contributed by atoms with Crippen molar-refractivity contribution in [1.82, 2.24) is 4.90 Å². The van der Waals surface area contributed by atoms with E-state index in [1.54, 1.807) is 31.9 Å². The van der Waals surface area contributed by atoms with Gasteiger partial charge in [0.15, 0.2) is 5.11 Å². The first-order valence-corrected chi connectivity index (χ1v) is 10.8. The van der Waals surface area contributed by atoms with Crippen molar-refractivity contribution in [2.24, 2.45) is 0 Å². The molecular formula is C24H24F3N3O2S. The van der Waals surface area contributed by atoms with Crippen molar-refractivity contribution in [1.29, 1.82) is 5.26 Å². The summed E-state index contributed by atoms with van der Waals surface area (Å²) in [6, 6.07) is 12.5. The van der Waals surface area contributed by atoms with Crippen LogP contribution in [-0.2, 0) is 17.4 Å². The minimum atomic E-state index is -4.72. The number of amides is 1. The van der Waals surface area contributed by atoms with Crippen molar-refractivity contribution in [3.05, 3.63) is 59.2 Å². The van der Waals surface area contributed by atoms with Gasteiger partial charge in [0.1, 0.15) is 11.3 Å². The Morgan fingerprint density at radius 1 is 1.15 bits per heavy atom. The van der Waals surface area contributed by atoms with Gasteiger partial charge in [-0.15, -0.1) is 0 Å². The highest BCUT2D eigenvalue weighted by Crippen LogP contribution is 2.38. The molecule has 0 radical (unpaired) electrons. The van der Waals surface area contributed by atoms with Crippen LogP contribution in [0.25, 0.3) is 0 Å². The lowest BCUT2D eigenvalue weighted by molar-refractivity contribution is -0.137. The largest absolute Gasteiger partial charge is 0.497 e. The average Bonchev–Trinajstić information content (AvgIpc) is 2.94. The van der Waals surface area contributed by atoms with Crippen LogP contribution < -0.4 is 9.64 Å². The van der Waals surface area contributed by atoms with Gasteiger partial charge in [-0.3, -0.25) is 9.69 Å². The second-order valence-corrected chi connectivity index (χ2v) is 8.65. The number of unbranched alkanes of at least 4 members (excludes halogenated alkanes) is 1. The Morgan fingerprint density at radius 2 is 1.88 bits per heavy atom. The summed E-state index contributed by atoms with van der Waals surface area (Å²) in [4.78, 5) is 16.0. The summed E-state index contributed by atoms with van der Waals surface area (Å²) in [7, 11) is 1.61. The van der Waals surface area contributed by atoms with E-state index in [1.165, 1.54) is 6.07 Å². The van der Waals surface area contributed by atoms with Crippen LogP contribution in [0.15, 0.2) is 42.5 Å². The highest BCUT2D eigenvalue weighted by Gasteiger charge is 2.49. The summed E-state index contributed by atoms with van der Waals surface area (Å²) in [6.45, 7) is 3.90. The number of ether oxygens (including phenoxy) is 1. The van der Waals surface area contributed by atoms with E-state index in [4.69, 9.17) is 22.2 Å². The molecule has 0 atom stereocenters. The Kier molecular flexibility index (Phi) is 6.98. The number of hydrogen-bond donors (Lipinski definition) is 0. The molecule has 1 amide bonds. The van der Waals surface area contributed by atoms with Crippen LogP contribution in [0.3, 0.4) is 0 Å². The van der Waals surface area contributed by atoms with Crippen molar-refractivity contribution >= 4 is 28.9 Å². The first-order chi connectivity index (χ1) is 15.5. The average molecular weight is 476 g/mol. The molecule has 1 fully saturated rings. The van der Waals surface area contributed by atoms with Crippen molar-refractivity contribution < 1.29 is 22.7 Å². The van der Waals surface area contributed by atoms with Gasteiger partial charge in [-0.05, 0) is 81.2 Å². The second-order valence-electron chi connectivity index (χ2n) is 8.28. The van der Waals surface area contributed by atoms with E-state index in [1.807, 2.05) is 24.3 Å². The Morgan fingerprint density at radius 3 is 2.52 bits per heavy atom. The number of methoxy groups -OCH3 is 1. The number of benzene rings is 2. The lowest BCUT2D eigenvalue weighted by Crippen LogP contribution is -2.44. The van der Waals surface area contributed by atoms with E-state index in [0.717, 1.165) is 47.6 Å². The molecule has 0 aliphatic carbocycles. The predicted octanol–water partition coefficient (Wildman–Crippen LogP) is 5.32. The van der Waals surface area contributed by atoms with E-state index in [2.05, 4.69) is 0 Å². The van der Waals surface area contributed by atoms with E-state index < -0.39 is 28.7 Å². The summed E-state index contributed by atoms with van der Waals surface area (Å²) >= 11 is 5.51. The van der Waals surface area contributed by atoms with E-state index in [0.29, 0.717) is 6.54 Å². The molecule has 0 spiro atoms. The molecular weight excluding hydrogens is 451 g/mol. The van der Waals surface area contributed by atoms with Crippen LogP contribution in [0.2, 0.25) is 0 Å². The zero-order chi connectivity index (χ0) is 24.4. The number of thiocarbonyl (C=S) groups is 1. The molecule has 1 aliphatic heterocycles. The van der Waals surface area contributed by atoms with Crippen molar-refractivity contribution in [2.75, 3.05) is 18.6 Å². The molecule has 2 aromatic carbocycles. The minimum absolute atomic E-state index is 0.00304. The lowest BCUT2D eigenvalue weighted by Gasteiger charge is -2.29. The zero-order valence-corrected chi connectivity index (χ0v) is 19.4. The maximum atomic E-state index is 13.4. The van der Waals surface area contributed by atoms with Crippen LogP contribution in [0.1, 0.15) is 43.4 Å². The molecule has 0 aromatic heterocycles. The van der Waals surface area contributed by atoms with Crippen LogP contribution in [0.4, 0.5) is 18.9 Å².